The molecule has 0 spiro atoms. The SMILES string of the molecule is Cc1ccc(-n2c(N)nc3cc(Br)ccc32)c(Br)c1. The van der Waals surface area contributed by atoms with Crippen molar-refractivity contribution < 1.29 is 0 Å². The second-order valence-electron chi connectivity index (χ2n) is 4.39. The Hall–Kier alpha value is -1.33. The number of benzene rings is 2. The van der Waals surface area contributed by atoms with E-state index in [9.17, 15) is 0 Å². The van der Waals surface area contributed by atoms with Crippen molar-refractivity contribution in [2.45, 2.75) is 6.92 Å². The van der Waals surface area contributed by atoms with Gasteiger partial charge in [-0.2, -0.15) is 0 Å². The van der Waals surface area contributed by atoms with Gasteiger partial charge in [0.2, 0.25) is 5.95 Å². The molecule has 0 saturated carbocycles. The molecule has 0 aliphatic rings. The minimum Gasteiger partial charge on any atom is -0.369 e. The van der Waals surface area contributed by atoms with Gasteiger partial charge in [-0.15, -0.1) is 0 Å². The van der Waals surface area contributed by atoms with Crippen LogP contribution in [0.5, 0.6) is 0 Å². The van der Waals surface area contributed by atoms with Crippen LogP contribution in [0.1, 0.15) is 5.56 Å². The van der Waals surface area contributed by atoms with Crippen LogP contribution in [0, 0.1) is 6.92 Å². The first-order chi connectivity index (χ1) is 9.06. The van der Waals surface area contributed by atoms with Crippen molar-refractivity contribution in [3.63, 3.8) is 0 Å². The summed E-state index contributed by atoms with van der Waals surface area (Å²) >= 11 is 7.04. The van der Waals surface area contributed by atoms with E-state index in [2.05, 4.69) is 55.9 Å². The van der Waals surface area contributed by atoms with E-state index in [1.807, 2.05) is 28.8 Å². The number of nitrogens with two attached hydrogens (primary N) is 1. The molecular formula is C14H11Br2N3. The zero-order chi connectivity index (χ0) is 13.6. The predicted molar refractivity (Wildman–Crippen MR) is 85.6 cm³/mol. The molecule has 0 amide bonds. The summed E-state index contributed by atoms with van der Waals surface area (Å²) in [6.07, 6.45) is 0. The maximum atomic E-state index is 6.06. The fourth-order valence-corrected chi connectivity index (χ4v) is 3.14. The molecule has 0 aliphatic heterocycles. The Labute approximate surface area is 127 Å². The number of halogens is 2. The molecule has 5 heteroatoms. The summed E-state index contributed by atoms with van der Waals surface area (Å²) in [7, 11) is 0. The number of aryl methyl sites for hydroxylation is 1. The van der Waals surface area contributed by atoms with Crippen molar-refractivity contribution in [3.05, 3.63) is 50.9 Å². The Morgan fingerprint density at radius 2 is 1.89 bits per heavy atom. The highest BCUT2D eigenvalue weighted by atomic mass is 79.9. The van der Waals surface area contributed by atoms with E-state index >= 15 is 0 Å². The Morgan fingerprint density at radius 3 is 2.63 bits per heavy atom. The zero-order valence-corrected chi connectivity index (χ0v) is 13.4. The van der Waals surface area contributed by atoms with Crippen molar-refractivity contribution >= 4 is 48.8 Å². The number of nitrogen functional groups attached to an aromatic ring is 1. The van der Waals surface area contributed by atoms with Crippen LogP contribution in [0.15, 0.2) is 45.3 Å². The van der Waals surface area contributed by atoms with Crippen LogP contribution < -0.4 is 5.73 Å². The van der Waals surface area contributed by atoms with Gasteiger partial charge in [0.1, 0.15) is 0 Å². The van der Waals surface area contributed by atoms with Crippen LogP contribution in [0.2, 0.25) is 0 Å². The van der Waals surface area contributed by atoms with Gasteiger partial charge in [0.05, 0.1) is 16.7 Å². The highest BCUT2D eigenvalue weighted by Crippen LogP contribution is 2.30. The van der Waals surface area contributed by atoms with Crippen LogP contribution in [-0.4, -0.2) is 9.55 Å². The van der Waals surface area contributed by atoms with Gasteiger partial charge in [0.15, 0.2) is 0 Å². The second kappa shape index (κ2) is 4.65. The number of hydrogen-bond donors (Lipinski definition) is 1. The molecule has 3 aromatic rings. The van der Waals surface area contributed by atoms with Gasteiger partial charge < -0.3 is 5.73 Å². The molecule has 19 heavy (non-hydrogen) atoms. The normalized spacial score (nSPS) is 11.1. The van der Waals surface area contributed by atoms with E-state index in [0.29, 0.717) is 5.95 Å². The first-order valence-corrected chi connectivity index (χ1v) is 7.35. The predicted octanol–water partition coefficient (Wildman–Crippen LogP) is 4.44. The highest BCUT2D eigenvalue weighted by molar-refractivity contribution is 9.10. The van der Waals surface area contributed by atoms with Crippen molar-refractivity contribution in [1.82, 2.24) is 9.55 Å². The third-order valence-electron chi connectivity index (χ3n) is 2.99. The van der Waals surface area contributed by atoms with Crippen LogP contribution in [0.3, 0.4) is 0 Å². The largest absolute Gasteiger partial charge is 0.369 e. The van der Waals surface area contributed by atoms with Gasteiger partial charge in [-0.1, -0.05) is 22.0 Å². The van der Waals surface area contributed by atoms with Gasteiger partial charge in [0.25, 0.3) is 0 Å². The molecule has 2 N–H and O–H groups in total. The number of fused-ring (bicyclic) bond motifs is 1. The maximum absolute atomic E-state index is 6.06. The highest BCUT2D eigenvalue weighted by Gasteiger charge is 2.12. The lowest BCUT2D eigenvalue weighted by molar-refractivity contribution is 1.10. The first-order valence-electron chi connectivity index (χ1n) is 5.76. The van der Waals surface area contributed by atoms with Crippen molar-refractivity contribution in [2.75, 3.05) is 5.73 Å². The molecule has 2 aromatic carbocycles. The molecule has 0 radical (unpaired) electrons. The van der Waals surface area contributed by atoms with Crippen LogP contribution in [-0.2, 0) is 0 Å². The molecule has 0 aliphatic carbocycles. The van der Waals surface area contributed by atoms with Gasteiger partial charge >= 0.3 is 0 Å². The van der Waals surface area contributed by atoms with Gasteiger partial charge in [-0.05, 0) is 58.7 Å². The summed E-state index contributed by atoms with van der Waals surface area (Å²) in [5, 5.41) is 0. The Bertz CT molecular complexity index is 778. The number of imidazole rings is 1. The van der Waals surface area contributed by atoms with E-state index in [4.69, 9.17) is 5.73 Å². The van der Waals surface area contributed by atoms with E-state index < -0.39 is 0 Å². The van der Waals surface area contributed by atoms with E-state index in [0.717, 1.165) is 25.7 Å². The maximum Gasteiger partial charge on any atom is 0.205 e. The quantitative estimate of drug-likeness (QED) is 0.678. The first kappa shape index (κ1) is 12.7. The van der Waals surface area contributed by atoms with Crippen molar-refractivity contribution in [3.8, 4) is 5.69 Å². The van der Waals surface area contributed by atoms with E-state index in [1.54, 1.807) is 0 Å². The average Bonchev–Trinajstić information content (AvgIpc) is 2.65. The standard InChI is InChI=1S/C14H11Br2N3/c1-8-2-4-12(10(16)6-8)19-13-5-3-9(15)7-11(13)18-14(19)17/h2-7H,1H3,(H2,17,18). The summed E-state index contributed by atoms with van der Waals surface area (Å²) in [6.45, 7) is 2.06. The Morgan fingerprint density at radius 1 is 1.11 bits per heavy atom. The topological polar surface area (TPSA) is 43.8 Å². The van der Waals surface area contributed by atoms with E-state index in [-0.39, 0.29) is 0 Å². The zero-order valence-electron chi connectivity index (χ0n) is 10.2. The summed E-state index contributed by atoms with van der Waals surface area (Å²) in [5.41, 5.74) is 10.1. The smallest absolute Gasteiger partial charge is 0.205 e. The van der Waals surface area contributed by atoms with Crippen LogP contribution >= 0.6 is 31.9 Å². The second-order valence-corrected chi connectivity index (χ2v) is 6.16. The third-order valence-corrected chi connectivity index (χ3v) is 4.11. The van der Waals surface area contributed by atoms with Gasteiger partial charge in [-0.25, -0.2) is 4.98 Å². The summed E-state index contributed by atoms with van der Waals surface area (Å²) < 4.78 is 3.94. The van der Waals surface area contributed by atoms with Gasteiger partial charge in [-0.3, -0.25) is 4.57 Å². The van der Waals surface area contributed by atoms with Gasteiger partial charge in [0, 0.05) is 8.95 Å². The number of nitrogens with zero attached hydrogens (tertiary/aromatic N) is 2. The molecule has 96 valence electrons. The molecule has 0 atom stereocenters. The third kappa shape index (κ3) is 2.17. The molecule has 0 saturated heterocycles. The minimum absolute atomic E-state index is 0.484. The Kier molecular flexibility index (Phi) is 3.11. The van der Waals surface area contributed by atoms with Crippen molar-refractivity contribution in [1.29, 1.82) is 0 Å². The summed E-state index contributed by atoms with van der Waals surface area (Å²) in [5.74, 6) is 0.484. The minimum atomic E-state index is 0.484. The summed E-state index contributed by atoms with van der Waals surface area (Å²) in [4.78, 5) is 4.40. The molecule has 1 aromatic heterocycles. The summed E-state index contributed by atoms with van der Waals surface area (Å²) in [6, 6.07) is 12.1. The number of aromatic nitrogens is 2. The van der Waals surface area contributed by atoms with Crippen LogP contribution in [0.4, 0.5) is 5.95 Å². The molecular weight excluding hydrogens is 370 g/mol. The molecule has 0 bridgehead atoms. The number of anilines is 1. The fourth-order valence-electron chi connectivity index (χ4n) is 2.12. The fraction of sp³-hybridized carbons (Fsp3) is 0.0714. The average molecular weight is 381 g/mol. The molecule has 1 heterocycles. The Balaban J connectivity index is 2.33. The van der Waals surface area contributed by atoms with E-state index in [1.165, 1.54) is 5.56 Å². The van der Waals surface area contributed by atoms with Crippen molar-refractivity contribution in [2.24, 2.45) is 0 Å². The molecule has 0 fully saturated rings. The number of hydrogen-bond acceptors (Lipinski definition) is 2. The molecule has 3 rings (SSSR count). The lowest BCUT2D eigenvalue weighted by atomic mass is 10.2. The lowest BCUT2D eigenvalue weighted by Crippen LogP contribution is -2.01. The lowest BCUT2D eigenvalue weighted by Gasteiger charge is -2.09. The van der Waals surface area contributed by atoms with Crippen LogP contribution in [0.25, 0.3) is 16.7 Å². The monoisotopic (exact) mass is 379 g/mol. The molecule has 0 unspecified atom stereocenters. The molecule has 3 nitrogen and oxygen atoms in total. The number of rotatable bonds is 1.